The highest BCUT2D eigenvalue weighted by molar-refractivity contribution is 5.92. The second-order valence-corrected chi connectivity index (χ2v) is 6.39. The zero-order valence-corrected chi connectivity index (χ0v) is 12.2. The summed E-state index contributed by atoms with van der Waals surface area (Å²) in [6.45, 7) is 5.68. The quantitative estimate of drug-likeness (QED) is 0.804. The summed E-state index contributed by atoms with van der Waals surface area (Å²) in [5, 5.41) is 0.913. The van der Waals surface area contributed by atoms with Crippen molar-refractivity contribution in [3.8, 4) is 0 Å². The van der Waals surface area contributed by atoms with Crippen molar-refractivity contribution >= 4 is 16.6 Å². The first-order valence-electron chi connectivity index (χ1n) is 7.56. The third-order valence-corrected chi connectivity index (χ3v) is 4.86. The van der Waals surface area contributed by atoms with Crippen LogP contribution in [0.25, 0.3) is 10.9 Å². The number of rotatable bonds is 1. The molecule has 0 N–H and O–H groups in total. The molecular formula is C17H19FN2O. The lowest BCUT2D eigenvalue weighted by atomic mass is 9.87. The molecule has 1 aromatic carbocycles. The molecule has 2 fully saturated rings. The van der Waals surface area contributed by atoms with Crippen LogP contribution in [-0.2, 0) is 4.74 Å². The number of pyridine rings is 1. The van der Waals surface area contributed by atoms with Crippen molar-refractivity contribution in [2.75, 3.05) is 31.2 Å². The van der Waals surface area contributed by atoms with Gasteiger partial charge in [-0.05, 0) is 31.9 Å². The van der Waals surface area contributed by atoms with Crippen LogP contribution in [0.4, 0.5) is 10.1 Å². The van der Waals surface area contributed by atoms with Crippen molar-refractivity contribution in [2.24, 2.45) is 5.41 Å². The summed E-state index contributed by atoms with van der Waals surface area (Å²) >= 11 is 0. The second-order valence-electron chi connectivity index (χ2n) is 6.39. The zero-order chi connectivity index (χ0) is 14.4. The number of para-hydroxylation sites is 1. The standard InChI is InChI=1S/C17H19FN2O/c1-12-9-15(13-3-2-4-14(18)16(13)19-12)20-7-5-17(10-20)6-8-21-11-17/h2-4,9H,5-8,10-11H2,1H3. The molecule has 0 saturated carbocycles. The van der Waals surface area contributed by atoms with Gasteiger partial charge in [0.05, 0.1) is 6.61 Å². The Hall–Kier alpha value is -1.68. The molecule has 3 nitrogen and oxygen atoms in total. The maximum absolute atomic E-state index is 14.0. The van der Waals surface area contributed by atoms with Crippen LogP contribution < -0.4 is 4.90 Å². The van der Waals surface area contributed by atoms with Gasteiger partial charge in [0.25, 0.3) is 0 Å². The molecule has 2 aromatic rings. The van der Waals surface area contributed by atoms with E-state index < -0.39 is 0 Å². The smallest absolute Gasteiger partial charge is 0.149 e. The van der Waals surface area contributed by atoms with Gasteiger partial charge in [-0.1, -0.05) is 12.1 Å². The van der Waals surface area contributed by atoms with Crippen LogP contribution in [0.3, 0.4) is 0 Å². The van der Waals surface area contributed by atoms with Crippen LogP contribution >= 0.6 is 0 Å². The van der Waals surface area contributed by atoms with Gasteiger partial charge in [0.1, 0.15) is 11.3 Å². The normalized spacial score (nSPS) is 25.3. The Labute approximate surface area is 123 Å². The van der Waals surface area contributed by atoms with Crippen LogP contribution in [-0.4, -0.2) is 31.3 Å². The van der Waals surface area contributed by atoms with Gasteiger partial charge in [0, 0.05) is 41.9 Å². The third-order valence-electron chi connectivity index (χ3n) is 4.86. The van der Waals surface area contributed by atoms with E-state index in [1.807, 2.05) is 13.0 Å². The summed E-state index contributed by atoms with van der Waals surface area (Å²) < 4.78 is 19.6. The highest BCUT2D eigenvalue weighted by atomic mass is 19.1. The SMILES string of the molecule is Cc1cc(N2CCC3(CCOC3)C2)c2cccc(F)c2n1. The van der Waals surface area contributed by atoms with Crippen molar-refractivity contribution in [2.45, 2.75) is 19.8 Å². The lowest BCUT2D eigenvalue weighted by Crippen LogP contribution is -2.27. The molecule has 2 saturated heterocycles. The number of aromatic nitrogens is 1. The molecule has 1 unspecified atom stereocenters. The Morgan fingerprint density at radius 3 is 3.05 bits per heavy atom. The van der Waals surface area contributed by atoms with Crippen LogP contribution in [0, 0.1) is 18.2 Å². The maximum atomic E-state index is 14.0. The molecule has 1 aromatic heterocycles. The van der Waals surface area contributed by atoms with E-state index in [-0.39, 0.29) is 5.82 Å². The van der Waals surface area contributed by atoms with Crippen molar-refractivity contribution < 1.29 is 9.13 Å². The molecule has 0 aliphatic carbocycles. The fourth-order valence-corrected chi connectivity index (χ4v) is 3.69. The van der Waals surface area contributed by atoms with Gasteiger partial charge < -0.3 is 9.64 Å². The highest BCUT2D eigenvalue weighted by Gasteiger charge is 2.41. The van der Waals surface area contributed by atoms with Gasteiger partial charge in [-0.15, -0.1) is 0 Å². The van der Waals surface area contributed by atoms with Gasteiger partial charge in [0.2, 0.25) is 0 Å². The summed E-state index contributed by atoms with van der Waals surface area (Å²) in [5.41, 5.74) is 2.76. The predicted octanol–water partition coefficient (Wildman–Crippen LogP) is 3.30. The monoisotopic (exact) mass is 286 g/mol. The summed E-state index contributed by atoms with van der Waals surface area (Å²) in [5.74, 6) is -0.240. The van der Waals surface area contributed by atoms with E-state index in [0.717, 1.165) is 55.9 Å². The molecule has 1 spiro atoms. The number of hydrogen-bond donors (Lipinski definition) is 0. The van der Waals surface area contributed by atoms with Gasteiger partial charge in [0.15, 0.2) is 0 Å². The largest absolute Gasteiger partial charge is 0.381 e. The van der Waals surface area contributed by atoms with Crippen LogP contribution in [0.5, 0.6) is 0 Å². The molecule has 0 radical (unpaired) electrons. The minimum atomic E-state index is -0.240. The third kappa shape index (κ3) is 2.09. The summed E-state index contributed by atoms with van der Waals surface area (Å²) in [6.07, 6.45) is 2.30. The molecule has 0 bridgehead atoms. The van der Waals surface area contributed by atoms with E-state index in [2.05, 4.69) is 16.0 Å². The highest BCUT2D eigenvalue weighted by Crippen LogP contribution is 2.41. The van der Waals surface area contributed by atoms with Crippen molar-refractivity contribution in [1.82, 2.24) is 4.98 Å². The molecule has 2 aliphatic heterocycles. The average molecular weight is 286 g/mol. The van der Waals surface area contributed by atoms with Gasteiger partial charge in [-0.2, -0.15) is 0 Å². The maximum Gasteiger partial charge on any atom is 0.149 e. The Balaban J connectivity index is 1.78. The molecule has 0 amide bonds. The number of benzene rings is 1. The van der Waals surface area contributed by atoms with Crippen LogP contribution in [0.2, 0.25) is 0 Å². The van der Waals surface area contributed by atoms with E-state index >= 15 is 0 Å². The van der Waals surface area contributed by atoms with E-state index in [1.54, 1.807) is 6.07 Å². The van der Waals surface area contributed by atoms with Crippen molar-refractivity contribution in [3.63, 3.8) is 0 Å². The topological polar surface area (TPSA) is 25.4 Å². The number of fused-ring (bicyclic) bond motifs is 1. The van der Waals surface area contributed by atoms with Gasteiger partial charge in [-0.25, -0.2) is 9.37 Å². The molecular weight excluding hydrogens is 267 g/mol. The molecule has 21 heavy (non-hydrogen) atoms. The Kier molecular flexibility index (Phi) is 2.89. The minimum Gasteiger partial charge on any atom is -0.381 e. The summed E-state index contributed by atoms with van der Waals surface area (Å²) in [4.78, 5) is 6.75. The number of nitrogens with zero attached hydrogens (tertiary/aromatic N) is 2. The Morgan fingerprint density at radius 2 is 2.24 bits per heavy atom. The first kappa shape index (κ1) is 13.0. The molecule has 4 heteroatoms. The fraction of sp³-hybridized carbons (Fsp3) is 0.471. The van der Waals surface area contributed by atoms with E-state index in [1.165, 1.54) is 6.07 Å². The van der Waals surface area contributed by atoms with E-state index in [0.29, 0.717) is 10.9 Å². The van der Waals surface area contributed by atoms with Crippen LogP contribution in [0.15, 0.2) is 24.3 Å². The number of ether oxygens (including phenoxy) is 1. The number of hydrogen-bond acceptors (Lipinski definition) is 3. The zero-order valence-electron chi connectivity index (χ0n) is 12.2. The lowest BCUT2D eigenvalue weighted by molar-refractivity contribution is 0.160. The summed E-state index contributed by atoms with van der Waals surface area (Å²) in [6, 6.07) is 7.30. The van der Waals surface area contributed by atoms with Crippen molar-refractivity contribution in [1.29, 1.82) is 0 Å². The van der Waals surface area contributed by atoms with Crippen molar-refractivity contribution in [3.05, 3.63) is 35.8 Å². The Morgan fingerprint density at radius 1 is 1.33 bits per heavy atom. The second kappa shape index (κ2) is 4.67. The predicted molar refractivity (Wildman–Crippen MR) is 81.1 cm³/mol. The first-order chi connectivity index (χ1) is 10.2. The lowest BCUT2D eigenvalue weighted by Gasteiger charge is -2.24. The number of halogens is 1. The molecule has 1 atom stereocenters. The Bertz CT molecular complexity index is 694. The number of aryl methyl sites for hydroxylation is 1. The molecule has 3 heterocycles. The molecule has 110 valence electrons. The average Bonchev–Trinajstić information content (AvgIpc) is 3.10. The molecule has 4 rings (SSSR count). The number of anilines is 1. The van der Waals surface area contributed by atoms with Gasteiger partial charge in [-0.3, -0.25) is 0 Å². The summed E-state index contributed by atoms with van der Waals surface area (Å²) in [7, 11) is 0. The van der Waals surface area contributed by atoms with E-state index in [4.69, 9.17) is 4.74 Å². The minimum absolute atomic E-state index is 0.240. The van der Waals surface area contributed by atoms with Crippen LogP contribution in [0.1, 0.15) is 18.5 Å². The van der Waals surface area contributed by atoms with E-state index in [9.17, 15) is 4.39 Å². The fourth-order valence-electron chi connectivity index (χ4n) is 3.69. The first-order valence-corrected chi connectivity index (χ1v) is 7.56. The van der Waals surface area contributed by atoms with Gasteiger partial charge >= 0.3 is 0 Å². The molecule has 2 aliphatic rings.